The van der Waals surface area contributed by atoms with Crippen LogP contribution in [-0.2, 0) is 25.5 Å². The van der Waals surface area contributed by atoms with Gasteiger partial charge in [-0.05, 0) is 37.3 Å². The van der Waals surface area contributed by atoms with Crippen molar-refractivity contribution in [2.75, 3.05) is 13.2 Å². The summed E-state index contributed by atoms with van der Waals surface area (Å²) in [6, 6.07) is 3.22. The van der Waals surface area contributed by atoms with Crippen LogP contribution in [-0.4, -0.2) is 46.7 Å². The Balaban J connectivity index is 0.00000338. The zero-order valence-corrected chi connectivity index (χ0v) is 15.2. The average Bonchev–Trinajstić information content (AvgIpc) is 2.58. The zero-order chi connectivity index (χ0) is 18.4. The van der Waals surface area contributed by atoms with Gasteiger partial charge < -0.3 is 9.64 Å². The van der Waals surface area contributed by atoms with E-state index >= 15 is 0 Å². The number of aromatic nitrogens is 1. The van der Waals surface area contributed by atoms with Gasteiger partial charge in [-0.3, -0.25) is 14.6 Å². The Labute approximate surface area is 155 Å². The molecule has 1 aliphatic rings. The smallest absolute Gasteiger partial charge is 0.328 e. The van der Waals surface area contributed by atoms with Crippen LogP contribution < -0.4 is 0 Å². The number of likely N-dealkylation sites (tertiary alicyclic amines) is 1. The van der Waals surface area contributed by atoms with Gasteiger partial charge in [0, 0.05) is 24.4 Å². The van der Waals surface area contributed by atoms with E-state index in [4.69, 9.17) is 4.74 Å². The number of carbonyl (C=O) groups excluding carboxylic acids is 3. The molecule has 1 fully saturated rings. The van der Waals surface area contributed by atoms with Gasteiger partial charge in [0.05, 0.1) is 6.61 Å². The third kappa shape index (κ3) is 5.13. The molecule has 6 heteroatoms. The molecule has 0 unspecified atom stereocenters. The highest BCUT2D eigenvalue weighted by Crippen LogP contribution is 2.26. The van der Waals surface area contributed by atoms with E-state index in [2.05, 4.69) is 4.98 Å². The maximum Gasteiger partial charge on any atom is 0.328 e. The number of aryl methyl sites for hydroxylation is 1. The fourth-order valence-electron chi connectivity index (χ4n) is 2.55. The second-order valence-corrected chi connectivity index (χ2v) is 7.00. The van der Waals surface area contributed by atoms with Crippen LogP contribution in [0.4, 0.5) is 0 Å². The Morgan fingerprint density at radius 2 is 2.08 bits per heavy atom. The van der Waals surface area contributed by atoms with E-state index < -0.39 is 29.1 Å². The molecule has 2 rings (SSSR count). The molecule has 0 aromatic carbocycles. The maximum absolute atomic E-state index is 12.3. The lowest BCUT2D eigenvalue weighted by molar-refractivity contribution is -0.165. The Bertz CT molecular complexity index is 628. The molecule has 0 radical (unpaired) electrons. The second-order valence-electron chi connectivity index (χ2n) is 7.00. The van der Waals surface area contributed by atoms with E-state index in [1.54, 1.807) is 26.2 Å². The highest BCUT2D eigenvalue weighted by atomic mass is 16.5. The summed E-state index contributed by atoms with van der Waals surface area (Å²) < 4.78 is 5.28. The number of ether oxygens (including phenoxy) is 1. The van der Waals surface area contributed by atoms with E-state index in [-0.39, 0.29) is 7.43 Å². The number of Topliss-reactive ketones (excluding diaryl/α,β-unsaturated/α-hetero) is 1. The predicted molar refractivity (Wildman–Crippen MR) is 99.4 cm³/mol. The minimum atomic E-state index is -0.704. The summed E-state index contributed by atoms with van der Waals surface area (Å²) in [4.78, 5) is 42.1. The molecule has 26 heavy (non-hydrogen) atoms. The van der Waals surface area contributed by atoms with Crippen molar-refractivity contribution in [2.24, 2.45) is 5.41 Å². The Morgan fingerprint density at radius 3 is 2.62 bits per heavy atom. The minimum Gasteiger partial charge on any atom is -0.464 e. The molecule has 1 atom stereocenters. The number of esters is 1. The van der Waals surface area contributed by atoms with Crippen LogP contribution in [0.1, 0.15) is 53.0 Å². The standard InChI is InChI=1S/C19H26N2O4.CH4/c1-4-19(2,3)16(22)17(23)21-11-9-15(21)18(24)25-12-6-8-14-7-5-10-20-13-14;/h5,7,10,13,15H,4,6,8-9,11-12H2,1-3H3;1H4/t15-;/m0./s1. The summed E-state index contributed by atoms with van der Waals surface area (Å²) in [5, 5.41) is 0. The SMILES string of the molecule is C.CCC(C)(C)C(=O)C(=O)N1CC[C@H]1C(=O)OCCCc1cccnc1. The summed E-state index contributed by atoms with van der Waals surface area (Å²) in [5.74, 6) is -1.44. The quantitative estimate of drug-likeness (QED) is 0.404. The van der Waals surface area contributed by atoms with Crippen molar-refractivity contribution in [3.63, 3.8) is 0 Å². The molecule has 6 nitrogen and oxygen atoms in total. The van der Waals surface area contributed by atoms with Crippen LogP contribution in [0.25, 0.3) is 0 Å². The summed E-state index contributed by atoms with van der Waals surface area (Å²) >= 11 is 0. The van der Waals surface area contributed by atoms with Crippen LogP contribution >= 0.6 is 0 Å². The first-order chi connectivity index (χ1) is 11.9. The molecule has 1 aromatic heterocycles. The normalized spacial score (nSPS) is 16.3. The van der Waals surface area contributed by atoms with Gasteiger partial charge in [0.2, 0.25) is 5.78 Å². The van der Waals surface area contributed by atoms with Gasteiger partial charge in [0.1, 0.15) is 6.04 Å². The molecule has 1 aromatic rings. The number of nitrogens with zero attached hydrogens (tertiary/aromatic N) is 2. The second kappa shape index (κ2) is 9.46. The zero-order valence-electron chi connectivity index (χ0n) is 15.2. The Hall–Kier alpha value is -2.24. The summed E-state index contributed by atoms with van der Waals surface area (Å²) in [6.45, 7) is 6.09. The van der Waals surface area contributed by atoms with Crippen molar-refractivity contribution in [1.29, 1.82) is 0 Å². The lowest BCUT2D eigenvalue weighted by Crippen LogP contribution is -2.59. The molecule has 1 aliphatic heterocycles. The first kappa shape index (κ1) is 21.8. The van der Waals surface area contributed by atoms with Crippen LogP contribution in [0.15, 0.2) is 24.5 Å². The molecule has 0 saturated carbocycles. The van der Waals surface area contributed by atoms with E-state index in [1.807, 2.05) is 19.1 Å². The topological polar surface area (TPSA) is 76.6 Å². The van der Waals surface area contributed by atoms with Gasteiger partial charge in [-0.1, -0.05) is 34.3 Å². The summed E-state index contributed by atoms with van der Waals surface area (Å²) in [5.41, 5.74) is 0.386. The first-order valence-electron chi connectivity index (χ1n) is 8.77. The van der Waals surface area contributed by atoms with Crippen molar-refractivity contribution in [1.82, 2.24) is 9.88 Å². The first-order valence-corrected chi connectivity index (χ1v) is 8.77. The number of amides is 1. The minimum absolute atomic E-state index is 0. The number of hydrogen-bond acceptors (Lipinski definition) is 5. The van der Waals surface area contributed by atoms with Gasteiger partial charge in [-0.2, -0.15) is 0 Å². The van der Waals surface area contributed by atoms with Gasteiger partial charge in [-0.15, -0.1) is 0 Å². The fourth-order valence-corrected chi connectivity index (χ4v) is 2.55. The van der Waals surface area contributed by atoms with Gasteiger partial charge >= 0.3 is 5.97 Å². The monoisotopic (exact) mass is 362 g/mol. The van der Waals surface area contributed by atoms with E-state index in [1.165, 1.54) is 4.90 Å². The fraction of sp³-hybridized carbons (Fsp3) is 0.600. The molecule has 2 heterocycles. The van der Waals surface area contributed by atoms with E-state index in [9.17, 15) is 14.4 Å². The van der Waals surface area contributed by atoms with E-state index in [0.717, 1.165) is 12.0 Å². The van der Waals surface area contributed by atoms with Crippen molar-refractivity contribution in [3.8, 4) is 0 Å². The highest BCUT2D eigenvalue weighted by molar-refractivity contribution is 6.38. The molecular weight excluding hydrogens is 332 g/mol. The highest BCUT2D eigenvalue weighted by Gasteiger charge is 2.44. The molecule has 0 spiro atoms. The number of ketones is 1. The molecule has 0 N–H and O–H groups in total. The third-order valence-electron chi connectivity index (χ3n) is 4.82. The van der Waals surface area contributed by atoms with Crippen LogP contribution in [0.3, 0.4) is 0 Å². The molecule has 1 amide bonds. The molecule has 0 aliphatic carbocycles. The Morgan fingerprint density at radius 1 is 1.35 bits per heavy atom. The van der Waals surface area contributed by atoms with Crippen LogP contribution in [0.2, 0.25) is 0 Å². The van der Waals surface area contributed by atoms with Gasteiger partial charge in [0.15, 0.2) is 0 Å². The molecule has 144 valence electrons. The number of pyridine rings is 1. The predicted octanol–water partition coefficient (Wildman–Crippen LogP) is 2.80. The number of rotatable bonds is 8. The van der Waals surface area contributed by atoms with Crippen molar-refractivity contribution in [2.45, 2.75) is 59.9 Å². The van der Waals surface area contributed by atoms with Crippen molar-refractivity contribution < 1.29 is 19.1 Å². The molecule has 1 saturated heterocycles. The third-order valence-corrected chi connectivity index (χ3v) is 4.82. The lowest BCUT2D eigenvalue weighted by Gasteiger charge is -2.39. The van der Waals surface area contributed by atoms with Gasteiger partial charge in [-0.25, -0.2) is 4.79 Å². The van der Waals surface area contributed by atoms with Gasteiger partial charge in [0.25, 0.3) is 5.91 Å². The van der Waals surface area contributed by atoms with Crippen molar-refractivity contribution >= 4 is 17.7 Å². The van der Waals surface area contributed by atoms with Crippen LogP contribution in [0.5, 0.6) is 0 Å². The molecule has 0 bridgehead atoms. The summed E-state index contributed by atoms with van der Waals surface area (Å²) in [7, 11) is 0. The molecular formula is C20H30N2O4. The maximum atomic E-state index is 12.3. The average molecular weight is 362 g/mol. The number of carbonyl (C=O) groups is 3. The lowest BCUT2D eigenvalue weighted by atomic mass is 9.84. The van der Waals surface area contributed by atoms with E-state index in [0.29, 0.717) is 32.4 Å². The van der Waals surface area contributed by atoms with Crippen LogP contribution in [0, 0.1) is 5.41 Å². The largest absolute Gasteiger partial charge is 0.464 e. The summed E-state index contributed by atoms with van der Waals surface area (Å²) in [6.07, 6.45) is 6.10. The number of hydrogen-bond donors (Lipinski definition) is 0. The Kier molecular flexibility index (Phi) is 7.93. The van der Waals surface area contributed by atoms with Crippen molar-refractivity contribution in [3.05, 3.63) is 30.1 Å².